The summed E-state index contributed by atoms with van der Waals surface area (Å²) >= 11 is 0. The third kappa shape index (κ3) is 3.93. The van der Waals surface area contributed by atoms with E-state index in [1.807, 2.05) is 42.5 Å². The minimum Gasteiger partial charge on any atom is -0.497 e. The van der Waals surface area contributed by atoms with E-state index in [1.54, 1.807) is 7.11 Å². The Morgan fingerprint density at radius 3 is 2.47 bits per heavy atom. The lowest BCUT2D eigenvalue weighted by Gasteiger charge is -2.07. The van der Waals surface area contributed by atoms with Crippen molar-refractivity contribution in [1.29, 1.82) is 0 Å². The quantitative estimate of drug-likeness (QED) is 0.807. The van der Waals surface area contributed by atoms with Gasteiger partial charge in [-0.05, 0) is 23.3 Å². The summed E-state index contributed by atoms with van der Waals surface area (Å²) in [5.41, 5.74) is 3.05. The van der Waals surface area contributed by atoms with Gasteiger partial charge in [-0.15, -0.1) is 0 Å². The summed E-state index contributed by atoms with van der Waals surface area (Å²) in [4.78, 5) is 10.5. The third-order valence-corrected chi connectivity index (χ3v) is 2.91. The summed E-state index contributed by atoms with van der Waals surface area (Å²) < 4.78 is 5.18. The summed E-state index contributed by atoms with van der Waals surface area (Å²) in [6.45, 7) is 1.56. The van der Waals surface area contributed by atoms with E-state index in [1.165, 1.54) is 5.56 Å². The lowest BCUT2D eigenvalue weighted by atomic mass is 10.1. The van der Waals surface area contributed by atoms with E-state index >= 15 is 0 Å². The van der Waals surface area contributed by atoms with Gasteiger partial charge in [0.1, 0.15) is 12.0 Å². The average molecular weight is 255 g/mol. The van der Waals surface area contributed by atoms with Crippen LogP contribution in [0.1, 0.15) is 21.5 Å². The average Bonchev–Trinajstić information content (AvgIpc) is 2.48. The second-order valence-corrected chi connectivity index (χ2v) is 4.31. The molecule has 0 amide bonds. The molecule has 0 fully saturated rings. The molecule has 0 unspecified atom stereocenters. The molecule has 0 aliphatic heterocycles. The molecule has 2 aromatic carbocycles. The summed E-state index contributed by atoms with van der Waals surface area (Å²) in [6.07, 6.45) is 0.855. The number of rotatable bonds is 6. The summed E-state index contributed by atoms with van der Waals surface area (Å²) in [5.74, 6) is 0.870. The lowest BCUT2D eigenvalue weighted by molar-refractivity contribution is 0.112. The van der Waals surface area contributed by atoms with Gasteiger partial charge in [0, 0.05) is 18.7 Å². The summed E-state index contributed by atoms with van der Waals surface area (Å²) in [6, 6.07) is 15.6. The molecule has 19 heavy (non-hydrogen) atoms. The SMILES string of the molecule is COc1cccc(CNCc2ccc(C=O)cc2)c1. The van der Waals surface area contributed by atoms with E-state index in [-0.39, 0.29) is 0 Å². The number of carbonyl (C=O) groups excluding carboxylic acids is 1. The van der Waals surface area contributed by atoms with Crippen molar-refractivity contribution in [1.82, 2.24) is 5.32 Å². The number of hydrogen-bond donors (Lipinski definition) is 1. The maximum absolute atomic E-state index is 10.5. The molecule has 0 bridgehead atoms. The van der Waals surface area contributed by atoms with Crippen molar-refractivity contribution in [3.63, 3.8) is 0 Å². The molecule has 2 rings (SSSR count). The van der Waals surface area contributed by atoms with Crippen molar-refractivity contribution < 1.29 is 9.53 Å². The highest BCUT2D eigenvalue weighted by molar-refractivity contribution is 5.74. The van der Waals surface area contributed by atoms with E-state index in [9.17, 15) is 4.79 Å². The highest BCUT2D eigenvalue weighted by Gasteiger charge is 1.97. The minimum absolute atomic E-state index is 0.705. The monoisotopic (exact) mass is 255 g/mol. The van der Waals surface area contributed by atoms with Crippen LogP contribution in [0.5, 0.6) is 5.75 Å². The zero-order chi connectivity index (χ0) is 13.5. The normalized spacial score (nSPS) is 10.2. The Labute approximate surface area is 113 Å². The first-order chi connectivity index (χ1) is 9.31. The molecule has 0 aliphatic carbocycles. The second kappa shape index (κ2) is 6.71. The fraction of sp³-hybridized carbons (Fsp3) is 0.188. The van der Waals surface area contributed by atoms with E-state index in [4.69, 9.17) is 4.74 Å². The Bertz CT molecular complexity index is 535. The Morgan fingerprint density at radius 1 is 1.05 bits per heavy atom. The Kier molecular flexibility index (Phi) is 4.70. The predicted octanol–water partition coefficient (Wildman–Crippen LogP) is 2.80. The third-order valence-electron chi connectivity index (χ3n) is 2.91. The Balaban J connectivity index is 1.86. The van der Waals surface area contributed by atoms with Crippen molar-refractivity contribution in [2.45, 2.75) is 13.1 Å². The largest absolute Gasteiger partial charge is 0.497 e. The topological polar surface area (TPSA) is 38.3 Å². The number of methoxy groups -OCH3 is 1. The van der Waals surface area contributed by atoms with Gasteiger partial charge in [0.25, 0.3) is 0 Å². The molecule has 3 nitrogen and oxygen atoms in total. The van der Waals surface area contributed by atoms with Crippen LogP contribution in [0.3, 0.4) is 0 Å². The standard InChI is InChI=1S/C16H17NO2/c1-19-16-4-2-3-15(9-16)11-17-10-13-5-7-14(12-18)8-6-13/h2-9,12,17H,10-11H2,1H3. The molecule has 1 N–H and O–H groups in total. The molecule has 0 atom stereocenters. The van der Waals surface area contributed by atoms with Gasteiger partial charge >= 0.3 is 0 Å². The number of ether oxygens (including phenoxy) is 1. The first-order valence-electron chi connectivity index (χ1n) is 6.19. The number of benzene rings is 2. The number of carbonyl (C=O) groups is 1. The van der Waals surface area contributed by atoms with Crippen LogP contribution in [0, 0.1) is 0 Å². The van der Waals surface area contributed by atoms with E-state index in [2.05, 4.69) is 11.4 Å². The van der Waals surface area contributed by atoms with Crippen LogP contribution in [0.4, 0.5) is 0 Å². The van der Waals surface area contributed by atoms with E-state index in [0.29, 0.717) is 5.56 Å². The first kappa shape index (κ1) is 13.3. The van der Waals surface area contributed by atoms with E-state index < -0.39 is 0 Å². The van der Waals surface area contributed by atoms with Gasteiger partial charge in [-0.3, -0.25) is 4.79 Å². The molecule has 0 aliphatic rings. The minimum atomic E-state index is 0.705. The van der Waals surface area contributed by atoms with Gasteiger partial charge < -0.3 is 10.1 Å². The van der Waals surface area contributed by atoms with Gasteiger partial charge in [0.05, 0.1) is 7.11 Å². The lowest BCUT2D eigenvalue weighted by Crippen LogP contribution is -2.12. The van der Waals surface area contributed by atoms with Crippen LogP contribution in [0.2, 0.25) is 0 Å². The second-order valence-electron chi connectivity index (χ2n) is 4.31. The molecule has 0 saturated carbocycles. The van der Waals surface area contributed by atoms with E-state index in [0.717, 1.165) is 30.7 Å². The molecule has 0 aromatic heterocycles. The Morgan fingerprint density at radius 2 is 1.79 bits per heavy atom. The molecule has 0 heterocycles. The molecule has 0 saturated heterocycles. The van der Waals surface area contributed by atoms with Crippen LogP contribution in [-0.2, 0) is 13.1 Å². The number of nitrogens with one attached hydrogen (secondary N) is 1. The van der Waals surface area contributed by atoms with Crippen LogP contribution in [-0.4, -0.2) is 13.4 Å². The van der Waals surface area contributed by atoms with Gasteiger partial charge in [-0.25, -0.2) is 0 Å². The zero-order valence-electron chi connectivity index (χ0n) is 10.9. The molecule has 0 spiro atoms. The van der Waals surface area contributed by atoms with Crippen LogP contribution >= 0.6 is 0 Å². The predicted molar refractivity (Wildman–Crippen MR) is 75.4 cm³/mol. The van der Waals surface area contributed by atoms with Gasteiger partial charge in [0.2, 0.25) is 0 Å². The highest BCUT2D eigenvalue weighted by Crippen LogP contribution is 2.12. The molecule has 98 valence electrons. The summed E-state index contributed by atoms with van der Waals surface area (Å²) in [7, 11) is 1.67. The first-order valence-corrected chi connectivity index (χ1v) is 6.19. The molecule has 3 heteroatoms. The number of hydrogen-bond acceptors (Lipinski definition) is 3. The highest BCUT2D eigenvalue weighted by atomic mass is 16.5. The number of aldehydes is 1. The maximum Gasteiger partial charge on any atom is 0.150 e. The summed E-state index contributed by atoms with van der Waals surface area (Å²) in [5, 5.41) is 3.36. The molecule has 2 aromatic rings. The molecular weight excluding hydrogens is 238 g/mol. The van der Waals surface area contributed by atoms with Crippen molar-refractivity contribution in [3.8, 4) is 5.75 Å². The maximum atomic E-state index is 10.5. The smallest absolute Gasteiger partial charge is 0.150 e. The van der Waals surface area contributed by atoms with Crippen molar-refractivity contribution in [2.75, 3.05) is 7.11 Å². The fourth-order valence-corrected chi connectivity index (χ4v) is 1.85. The van der Waals surface area contributed by atoms with Crippen LogP contribution < -0.4 is 10.1 Å². The van der Waals surface area contributed by atoms with Gasteiger partial charge in [-0.2, -0.15) is 0 Å². The van der Waals surface area contributed by atoms with Crippen molar-refractivity contribution >= 4 is 6.29 Å². The fourth-order valence-electron chi connectivity index (χ4n) is 1.85. The van der Waals surface area contributed by atoms with Crippen molar-refractivity contribution in [2.24, 2.45) is 0 Å². The van der Waals surface area contributed by atoms with Crippen LogP contribution in [0.25, 0.3) is 0 Å². The van der Waals surface area contributed by atoms with Gasteiger partial charge in [0.15, 0.2) is 0 Å². The molecule has 0 radical (unpaired) electrons. The molecular formula is C16H17NO2. The van der Waals surface area contributed by atoms with Gasteiger partial charge in [-0.1, -0.05) is 36.4 Å². The van der Waals surface area contributed by atoms with Crippen LogP contribution in [0.15, 0.2) is 48.5 Å². The Hall–Kier alpha value is -2.13. The van der Waals surface area contributed by atoms with Crippen molar-refractivity contribution in [3.05, 3.63) is 65.2 Å². The zero-order valence-corrected chi connectivity index (χ0v) is 10.9.